The fourth-order valence-corrected chi connectivity index (χ4v) is 3.25. The van der Waals surface area contributed by atoms with Gasteiger partial charge in [0.25, 0.3) is 5.91 Å². The van der Waals surface area contributed by atoms with Crippen LogP contribution in [0.15, 0.2) is 66.9 Å². The van der Waals surface area contributed by atoms with E-state index in [0.717, 1.165) is 16.9 Å². The number of aromatic nitrogens is 2. The molecule has 0 saturated heterocycles. The lowest BCUT2D eigenvalue weighted by molar-refractivity contribution is 0.0956. The Morgan fingerprint density at radius 2 is 1.82 bits per heavy atom. The summed E-state index contributed by atoms with van der Waals surface area (Å²) in [6, 6.07) is 18.8. The van der Waals surface area contributed by atoms with Gasteiger partial charge in [0.05, 0.1) is 12.8 Å². The van der Waals surface area contributed by atoms with Gasteiger partial charge in [-0.25, -0.2) is 9.97 Å². The monoisotopic (exact) mass is 394 g/mol. The van der Waals surface area contributed by atoms with Gasteiger partial charge in [-0.15, -0.1) is 0 Å². The fourth-order valence-electron chi connectivity index (χ4n) is 2.60. The topological polar surface area (TPSA) is 84.0 Å². The average Bonchev–Trinajstić information content (AvgIpc) is 2.68. The number of carbonyl (C=O) groups is 1. The molecule has 0 saturated carbocycles. The zero-order chi connectivity index (χ0) is 20.0. The fraction of sp³-hybridized carbons (Fsp3) is 0.190. The van der Waals surface area contributed by atoms with Gasteiger partial charge in [-0.3, -0.25) is 4.79 Å². The van der Waals surface area contributed by atoms with E-state index in [4.69, 9.17) is 0 Å². The first-order chi connectivity index (χ1) is 13.4. The van der Waals surface area contributed by atoms with Gasteiger partial charge in [-0.05, 0) is 37.6 Å². The Bertz CT molecular complexity index is 1000. The number of hydrogen-bond donors (Lipinski definition) is 2. The minimum absolute atomic E-state index is 0.198. The van der Waals surface area contributed by atoms with Crippen molar-refractivity contribution < 1.29 is 9.36 Å². The first kappa shape index (κ1) is 19.8. The molecule has 0 bridgehead atoms. The standard InChI is InChI=1S/C21H23N4O2P/c1-28(2,27)14-13-22-20(26)17-9-6-10-18(15-17)24-21-23-12-11-19(25-21)16-7-4-3-5-8-16/h3-12,15H,13-14H2,1-2H3,(H,22,26)(H,23,24,25). The molecule has 2 N–H and O–H groups in total. The molecule has 0 spiro atoms. The van der Waals surface area contributed by atoms with E-state index in [1.807, 2.05) is 42.5 Å². The molecule has 0 aliphatic heterocycles. The number of benzene rings is 2. The highest BCUT2D eigenvalue weighted by atomic mass is 31.2. The summed E-state index contributed by atoms with van der Waals surface area (Å²) in [5.41, 5.74) is 3.06. The van der Waals surface area contributed by atoms with E-state index >= 15 is 0 Å². The van der Waals surface area contributed by atoms with Crippen molar-refractivity contribution in [3.63, 3.8) is 0 Å². The van der Waals surface area contributed by atoms with Crippen molar-refractivity contribution in [1.82, 2.24) is 15.3 Å². The summed E-state index contributed by atoms with van der Waals surface area (Å²) in [4.78, 5) is 21.1. The van der Waals surface area contributed by atoms with Crippen LogP contribution in [0.4, 0.5) is 11.6 Å². The molecule has 3 aromatic rings. The molecule has 2 aromatic carbocycles. The molecule has 0 radical (unpaired) electrons. The van der Waals surface area contributed by atoms with Crippen LogP contribution in [-0.4, -0.2) is 41.9 Å². The van der Waals surface area contributed by atoms with Crippen molar-refractivity contribution in [2.24, 2.45) is 0 Å². The Hall–Kier alpha value is -2.98. The molecular weight excluding hydrogens is 371 g/mol. The summed E-state index contributed by atoms with van der Waals surface area (Å²) in [5, 5.41) is 5.95. The summed E-state index contributed by atoms with van der Waals surface area (Å²) >= 11 is 0. The number of nitrogens with one attached hydrogen (secondary N) is 2. The largest absolute Gasteiger partial charge is 0.352 e. The van der Waals surface area contributed by atoms with Gasteiger partial charge in [-0.1, -0.05) is 36.4 Å². The number of rotatable bonds is 7. The van der Waals surface area contributed by atoms with Gasteiger partial charge in [-0.2, -0.15) is 0 Å². The highest BCUT2D eigenvalue weighted by molar-refractivity contribution is 7.62. The quantitative estimate of drug-likeness (QED) is 0.586. The van der Waals surface area contributed by atoms with Crippen LogP contribution in [0.25, 0.3) is 11.3 Å². The van der Waals surface area contributed by atoms with Crippen LogP contribution < -0.4 is 10.6 Å². The zero-order valence-electron chi connectivity index (χ0n) is 15.9. The van der Waals surface area contributed by atoms with Crippen molar-refractivity contribution in [3.05, 3.63) is 72.4 Å². The van der Waals surface area contributed by atoms with Crippen molar-refractivity contribution >= 4 is 24.7 Å². The van der Waals surface area contributed by atoms with Crippen molar-refractivity contribution in [1.29, 1.82) is 0 Å². The number of carbonyl (C=O) groups excluding carboxylic acids is 1. The van der Waals surface area contributed by atoms with Crippen molar-refractivity contribution in [3.8, 4) is 11.3 Å². The van der Waals surface area contributed by atoms with Crippen molar-refractivity contribution in [2.45, 2.75) is 0 Å². The van der Waals surface area contributed by atoms with Crippen molar-refractivity contribution in [2.75, 3.05) is 31.4 Å². The Kier molecular flexibility index (Phi) is 6.22. The molecule has 1 amide bonds. The SMILES string of the molecule is CP(C)(=O)CCNC(=O)c1cccc(Nc2nccc(-c3ccccc3)n2)c1. The van der Waals surface area contributed by atoms with Crippen LogP contribution in [0.5, 0.6) is 0 Å². The first-order valence-electron chi connectivity index (χ1n) is 8.98. The Morgan fingerprint density at radius 3 is 2.57 bits per heavy atom. The van der Waals surface area contributed by atoms with Crippen LogP contribution in [-0.2, 0) is 4.57 Å². The number of hydrogen-bond acceptors (Lipinski definition) is 5. The van der Waals surface area contributed by atoms with Crippen LogP contribution in [0, 0.1) is 0 Å². The summed E-state index contributed by atoms with van der Waals surface area (Å²) in [5.74, 6) is 0.257. The predicted octanol–water partition coefficient (Wildman–Crippen LogP) is 4.24. The Labute approximate surface area is 164 Å². The smallest absolute Gasteiger partial charge is 0.251 e. The van der Waals surface area contributed by atoms with Gasteiger partial charge >= 0.3 is 0 Å². The van der Waals surface area contributed by atoms with E-state index in [1.54, 1.807) is 37.7 Å². The molecule has 0 fully saturated rings. The lowest BCUT2D eigenvalue weighted by Gasteiger charge is -2.10. The van der Waals surface area contributed by atoms with E-state index in [9.17, 15) is 9.36 Å². The molecule has 144 valence electrons. The normalized spacial score (nSPS) is 11.1. The Balaban J connectivity index is 1.69. The van der Waals surface area contributed by atoms with E-state index in [2.05, 4.69) is 20.6 Å². The predicted molar refractivity (Wildman–Crippen MR) is 114 cm³/mol. The van der Waals surface area contributed by atoms with Gasteiger partial charge in [0, 0.05) is 35.7 Å². The minimum atomic E-state index is -2.14. The third kappa shape index (κ3) is 5.76. The van der Waals surface area contributed by atoms with Gasteiger partial charge in [0.15, 0.2) is 0 Å². The molecule has 0 atom stereocenters. The van der Waals surface area contributed by atoms with Crippen LogP contribution in [0.1, 0.15) is 10.4 Å². The van der Waals surface area contributed by atoms with Crippen LogP contribution >= 0.6 is 7.14 Å². The highest BCUT2D eigenvalue weighted by Crippen LogP contribution is 2.34. The molecule has 3 rings (SSSR count). The van der Waals surface area contributed by atoms with Crippen LogP contribution in [0.2, 0.25) is 0 Å². The third-order valence-corrected chi connectivity index (χ3v) is 5.34. The maximum atomic E-state index is 12.3. The summed E-state index contributed by atoms with van der Waals surface area (Å²) in [6.07, 6.45) is 2.18. The van der Waals surface area contributed by atoms with Gasteiger partial charge < -0.3 is 15.2 Å². The number of anilines is 2. The van der Waals surface area contributed by atoms with Crippen LogP contribution in [0.3, 0.4) is 0 Å². The molecular formula is C21H23N4O2P. The summed E-state index contributed by atoms with van der Waals surface area (Å²) in [7, 11) is -2.14. The maximum absolute atomic E-state index is 12.3. The average molecular weight is 394 g/mol. The lowest BCUT2D eigenvalue weighted by atomic mass is 10.1. The van der Waals surface area contributed by atoms with Gasteiger partial charge in [0.2, 0.25) is 5.95 Å². The summed E-state index contributed by atoms with van der Waals surface area (Å²) < 4.78 is 11.7. The highest BCUT2D eigenvalue weighted by Gasteiger charge is 2.10. The first-order valence-corrected chi connectivity index (χ1v) is 11.8. The molecule has 0 unspecified atom stereocenters. The molecule has 6 nitrogen and oxygen atoms in total. The number of amides is 1. The maximum Gasteiger partial charge on any atom is 0.251 e. The lowest BCUT2D eigenvalue weighted by Crippen LogP contribution is -2.26. The molecule has 1 aromatic heterocycles. The third-order valence-electron chi connectivity index (χ3n) is 4.04. The van der Waals surface area contributed by atoms with E-state index in [-0.39, 0.29) is 5.91 Å². The van der Waals surface area contributed by atoms with Gasteiger partial charge in [0.1, 0.15) is 0 Å². The summed E-state index contributed by atoms with van der Waals surface area (Å²) in [6.45, 7) is 3.82. The van der Waals surface area contributed by atoms with E-state index in [0.29, 0.717) is 24.2 Å². The molecule has 0 aliphatic rings. The second-order valence-electron chi connectivity index (χ2n) is 6.89. The molecule has 0 aliphatic carbocycles. The second kappa shape index (κ2) is 8.81. The zero-order valence-corrected chi connectivity index (χ0v) is 16.8. The molecule has 7 heteroatoms. The second-order valence-corrected chi connectivity index (χ2v) is 10.5. The molecule has 28 heavy (non-hydrogen) atoms. The number of nitrogens with zero attached hydrogens (tertiary/aromatic N) is 2. The van der Waals surface area contributed by atoms with E-state index in [1.165, 1.54) is 0 Å². The molecule has 1 heterocycles. The minimum Gasteiger partial charge on any atom is -0.352 e. The Morgan fingerprint density at radius 1 is 1.04 bits per heavy atom. The van der Waals surface area contributed by atoms with E-state index < -0.39 is 7.14 Å².